The van der Waals surface area contributed by atoms with Gasteiger partial charge in [0.2, 0.25) is 11.8 Å². The quantitative estimate of drug-likeness (QED) is 0.708. The minimum absolute atomic E-state index is 0.0799. The lowest BCUT2D eigenvalue weighted by molar-refractivity contribution is -0.129. The van der Waals surface area contributed by atoms with Crippen molar-refractivity contribution in [2.24, 2.45) is 0 Å². The molecular weight excluding hydrogens is 280 g/mol. The standard InChI is InChI=1S/C17H20N2O3/c1-2-18-16(21)10-17(22)19-11-15(20)14-8-7-12-5-3-4-6-13(12)9-14/h3-9,15,20H,2,10-11H2,1H3,(H,18,21)(H,19,22). The third-order valence-electron chi connectivity index (χ3n) is 3.35. The number of carbonyl (C=O) groups excluding carboxylic acids is 2. The fraction of sp³-hybridized carbons (Fsp3) is 0.294. The van der Waals surface area contributed by atoms with Crippen LogP contribution in [0.15, 0.2) is 42.5 Å². The summed E-state index contributed by atoms with van der Waals surface area (Å²) in [7, 11) is 0. The lowest BCUT2D eigenvalue weighted by Crippen LogP contribution is -2.33. The highest BCUT2D eigenvalue weighted by Crippen LogP contribution is 2.20. The van der Waals surface area contributed by atoms with E-state index in [9.17, 15) is 14.7 Å². The Hall–Kier alpha value is -2.40. The maximum atomic E-state index is 11.6. The van der Waals surface area contributed by atoms with E-state index in [4.69, 9.17) is 0 Å². The molecule has 0 bridgehead atoms. The van der Waals surface area contributed by atoms with Crippen LogP contribution in [0.25, 0.3) is 10.8 Å². The first-order chi connectivity index (χ1) is 10.6. The van der Waals surface area contributed by atoms with Crippen LogP contribution in [-0.2, 0) is 9.59 Å². The zero-order chi connectivity index (χ0) is 15.9. The molecule has 3 N–H and O–H groups in total. The number of hydrogen-bond donors (Lipinski definition) is 3. The largest absolute Gasteiger partial charge is 0.387 e. The van der Waals surface area contributed by atoms with Crippen LogP contribution in [0.4, 0.5) is 0 Å². The summed E-state index contributed by atoms with van der Waals surface area (Å²) in [4.78, 5) is 22.9. The summed E-state index contributed by atoms with van der Waals surface area (Å²) in [6, 6.07) is 13.5. The Bertz CT molecular complexity index is 670. The predicted octanol–water partition coefficient (Wildman–Crippen LogP) is 1.52. The number of fused-ring (bicyclic) bond motifs is 1. The SMILES string of the molecule is CCNC(=O)CC(=O)NCC(O)c1ccc2ccccc2c1. The molecule has 2 aromatic rings. The van der Waals surface area contributed by atoms with Gasteiger partial charge in [-0.25, -0.2) is 0 Å². The van der Waals surface area contributed by atoms with E-state index in [2.05, 4.69) is 10.6 Å². The van der Waals surface area contributed by atoms with E-state index in [1.165, 1.54) is 0 Å². The molecule has 5 nitrogen and oxygen atoms in total. The third-order valence-corrected chi connectivity index (χ3v) is 3.35. The van der Waals surface area contributed by atoms with Crippen molar-refractivity contribution in [2.75, 3.05) is 13.1 Å². The number of hydrogen-bond acceptors (Lipinski definition) is 3. The van der Waals surface area contributed by atoms with E-state index in [0.717, 1.165) is 16.3 Å². The molecule has 2 rings (SSSR count). The molecule has 2 aromatic carbocycles. The molecule has 0 radical (unpaired) electrons. The van der Waals surface area contributed by atoms with Gasteiger partial charge in [0, 0.05) is 13.1 Å². The fourth-order valence-electron chi connectivity index (χ4n) is 2.21. The van der Waals surface area contributed by atoms with Crippen LogP contribution in [0.1, 0.15) is 25.0 Å². The molecule has 0 fully saturated rings. The van der Waals surface area contributed by atoms with Crippen LogP contribution in [-0.4, -0.2) is 30.0 Å². The van der Waals surface area contributed by atoms with Gasteiger partial charge in [0.15, 0.2) is 0 Å². The van der Waals surface area contributed by atoms with Gasteiger partial charge < -0.3 is 15.7 Å². The first-order valence-corrected chi connectivity index (χ1v) is 7.30. The Balaban J connectivity index is 1.92. The van der Waals surface area contributed by atoms with Crippen LogP contribution in [0.2, 0.25) is 0 Å². The molecule has 0 heterocycles. The molecule has 5 heteroatoms. The number of aliphatic hydroxyl groups excluding tert-OH is 1. The maximum absolute atomic E-state index is 11.6. The van der Waals surface area contributed by atoms with Crippen LogP contribution < -0.4 is 10.6 Å². The number of benzene rings is 2. The van der Waals surface area contributed by atoms with Gasteiger partial charge in [0.25, 0.3) is 0 Å². The predicted molar refractivity (Wildman–Crippen MR) is 85.2 cm³/mol. The maximum Gasteiger partial charge on any atom is 0.229 e. The number of nitrogens with one attached hydrogen (secondary N) is 2. The molecule has 0 aliphatic heterocycles. The zero-order valence-electron chi connectivity index (χ0n) is 12.5. The van der Waals surface area contributed by atoms with Crippen molar-refractivity contribution < 1.29 is 14.7 Å². The van der Waals surface area contributed by atoms with E-state index < -0.39 is 12.0 Å². The van der Waals surface area contributed by atoms with Gasteiger partial charge in [0.1, 0.15) is 6.42 Å². The van der Waals surface area contributed by atoms with Gasteiger partial charge >= 0.3 is 0 Å². The van der Waals surface area contributed by atoms with Gasteiger partial charge in [-0.15, -0.1) is 0 Å². The molecular formula is C17H20N2O3. The monoisotopic (exact) mass is 300 g/mol. The van der Waals surface area contributed by atoms with E-state index in [-0.39, 0.29) is 18.9 Å². The van der Waals surface area contributed by atoms with Crippen molar-refractivity contribution in [3.63, 3.8) is 0 Å². The Morgan fingerprint density at radius 1 is 1.05 bits per heavy atom. The highest BCUT2D eigenvalue weighted by atomic mass is 16.3. The van der Waals surface area contributed by atoms with Crippen molar-refractivity contribution in [3.05, 3.63) is 48.0 Å². The van der Waals surface area contributed by atoms with E-state index in [1.54, 1.807) is 6.92 Å². The first-order valence-electron chi connectivity index (χ1n) is 7.30. The first kappa shape index (κ1) is 16.0. The summed E-state index contributed by atoms with van der Waals surface area (Å²) in [5, 5.41) is 17.4. The molecule has 0 aliphatic rings. The summed E-state index contributed by atoms with van der Waals surface area (Å²) >= 11 is 0. The molecule has 0 spiro atoms. The summed E-state index contributed by atoms with van der Waals surface area (Å²) in [6.45, 7) is 2.36. The van der Waals surface area contributed by atoms with Crippen molar-refractivity contribution >= 4 is 22.6 Å². The molecule has 2 amide bonds. The van der Waals surface area contributed by atoms with Gasteiger partial charge in [0.05, 0.1) is 6.10 Å². The fourth-order valence-corrected chi connectivity index (χ4v) is 2.21. The second-order valence-corrected chi connectivity index (χ2v) is 5.06. The molecule has 116 valence electrons. The van der Waals surface area contributed by atoms with Crippen molar-refractivity contribution in [1.82, 2.24) is 10.6 Å². The molecule has 0 saturated heterocycles. The summed E-state index contributed by atoms with van der Waals surface area (Å²) in [5.41, 5.74) is 0.733. The van der Waals surface area contributed by atoms with E-state index in [0.29, 0.717) is 6.54 Å². The van der Waals surface area contributed by atoms with Crippen molar-refractivity contribution in [1.29, 1.82) is 0 Å². The summed E-state index contributed by atoms with van der Waals surface area (Å²) in [5.74, 6) is -0.717. The lowest BCUT2D eigenvalue weighted by atomic mass is 10.0. The highest BCUT2D eigenvalue weighted by Gasteiger charge is 2.12. The van der Waals surface area contributed by atoms with Crippen LogP contribution in [0, 0.1) is 0 Å². The Morgan fingerprint density at radius 2 is 1.73 bits per heavy atom. The van der Waals surface area contributed by atoms with Gasteiger partial charge in [-0.2, -0.15) is 0 Å². The molecule has 0 aromatic heterocycles. The normalized spacial score (nSPS) is 11.9. The van der Waals surface area contributed by atoms with Crippen LogP contribution >= 0.6 is 0 Å². The minimum atomic E-state index is -0.803. The summed E-state index contributed by atoms with van der Waals surface area (Å²) < 4.78 is 0. The molecule has 0 saturated carbocycles. The van der Waals surface area contributed by atoms with Crippen molar-refractivity contribution in [2.45, 2.75) is 19.4 Å². The molecule has 1 atom stereocenters. The average Bonchev–Trinajstić information content (AvgIpc) is 2.52. The topological polar surface area (TPSA) is 78.4 Å². The Morgan fingerprint density at radius 3 is 2.45 bits per heavy atom. The Kier molecular flexibility index (Phi) is 5.49. The third kappa shape index (κ3) is 4.30. The smallest absolute Gasteiger partial charge is 0.229 e. The van der Waals surface area contributed by atoms with E-state index >= 15 is 0 Å². The Labute approximate surface area is 129 Å². The summed E-state index contributed by atoms with van der Waals surface area (Å²) in [6.07, 6.45) is -1.03. The number of carbonyl (C=O) groups is 2. The van der Waals surface area contributed by atoms with Crippen LogP contribution in [0.3, 0.4) is 0 Å². The van der Waals surface area contributed by atoms with Crippen LogP contribution in [0.5, 0.6) is 0 Å². The van der Waals surface area contributed by atoms with E-state index in [1.807, 2.05) is 42.5 Å². The molecule has 22 heavy (non-hydrogen) atoms. The average molecular weight is 300 g/mol. The number of amides is 2. The number of rotatable bonds is 6. The second-order valence-electron chi connectivity index (χ2n) is 5.06. The molecule has 0 aliphatic carbocycles. The van der Waals surface area contributed by atoms with Gasteiger partial charge in [-0.05, 0) is 29.3 Å². The lowest BCUT2D eigenvalue weighted by Gasteiger charge is -2.13. The van der Waals surface area contributed by atoms with Gasteiger partial charge in [-0.1, -0.05) is 36.4 Å². The number of aliphatic hydroxyl groups is 1. The second kappa shape index (κ2) is 7.56. The highest BCUT2D eigenvalue weighted by molar-refractivity contribution is 5.96. The zero-order valence-corrected chi connectivity index (χ0v) is 12.5. The molecule has 1 unspecified atom stereocenters. The minimum Gasteiger partial charge on any atom is -0.387 e. The van der Waals surface area contributed by atoms with Gasteiger partial charge in [-0.3, -0.25) is 9.59 Å². The van der Waals surface area contributed by atoms with Crippen molar-refractivity contribution in [3.8, 4) is 0 Å².